The molecule has 2 aromatic carbocycles. The number of carbonyl (C=O) groups is 1. The Balaban J connectivity index is 2.24. The summed E-state index contributed by atoms with van der Waals surface area (Å²) in [6.45, 7) is 4.25. The summed E-state index contributed by atoms with van der Waals surface area (Å²) >= 11 is 3.44. The van der Waals surface area contributed by atoms with Crippen molar-refractivity contribution in [2.75, 3.05) is 5.32 Å². The number of benzene rings is 2. The largest absolute Gasteiger partial charge is 0.380 e. The number of halogens is 2. The van der Waals surface area contributed by atoms with Gasteiger partial charge in [0.1, 0.15) is 5.82 Å². The van der Waals surface area contributed by atoms with Crippen molar-refractivity contribution in [1.29, 1.82) is 0 Å². The first-order valence-electron chi connectivity index (χ1n) is 6.47. The number of nitrogens with two attached hydrogens (primary N) is 1. The highest BCUT2D eigenvalue weighted by molar-refractivity contribution is 9.10. The summed E-state index contributed by atoms with van der Waals surface area (Å²) in [5.74, 6) is -0.924. The molecule has 0 aliphatic heterocycles. The Morgan fingerprint density at radius 3 is 2.43 bits per heavy atom. The second kappa shape index (κ2) is 6.26. The van der Waals surface area contributed by atoms with Gasteiger partial charge in [-0.25, -0.2) is 4.39 Å². The van der Waals surface area contributed by atoms with Gasteiger partial charge in [0.2, 0.25) is 5.91 Å². The summed E-state index contributed by atoms with van der Waals surface area (Å²) in [7, 11) is 0. The first kappa shape index (κ1) is 15.5. The highest BCUT2D eigenvalue weighted by Crippen LogP contribution is 2.26. The molecule has 0 aromatic heterocycles. The van der Waals surface area contributed by atoms with Gasteiger partial charge in [0.25, 0.3) is 0 Å². The van der Waals surface area contributed by atoms with Gasteiger partial charge < -0.3 is 11.1 Å². The van der Waals surface area contributed by atoms with Gasteiger partial charge >= 0.3 is 0 Å². The molecule has 2 rings (SSSR count). The lowest BCUT2D eigenvalue weighted by atomic mass is 10.1. The zero-order valence-electron chi connectivity index (χ0n) is 11.8. The topological polar surface area (TPSA) is 55.1 Å². The third-order valence-corrected chi connectivity index (χ3v) is 3.74. The second-order valence-corrected chi connectivity index (χ2v) is 5.85. The van der Waals surface area contributed by atoms with Crippen LogP contribution in [0, 0.1) is 19.7 Å². The number of hydrogen-bond acceptors (Lipinski definition) is 2. The molecule has 0 bridgehead atoms. The normalized spacial score (nSPS) is 10.5. The Morgan fingerprint density at radius 2 is 1.86 bits per heavy atom. The first-order chi connectivity index (χ1) is 9.88. The molecule has 0 fully saturated rings. The Hall–Kier alpha value is -1.88. The molecular weight excluding hydrogens is 335 g/mol. The van der Waals surface area contributed by atoms with Crippen molar-refractivity contribution < 1.29 is 9.18 Å². The summed E-state index contributed by atoms with van der Waals surface area (Å²) in [6, 6.07) is 8.11. The molecule has 3 N–H and O–H groups in total. The molecule has 110 valence electrons. The Kier molecular flexibility index (Phi) is 4.63. The molecule has 0 radical (unpaired) electrons. The number of nitrogens with one attached hydrogen (secondary N) is 1. The number of anilines is 1. The summed E-state index contributed by atoms with van der Waals surface area (Å²) < 4.78 is 14.8. The predicted octanol–water partition coefficient (Wildman–Crippen LogP) is 3.92. The zero-order chi connectivity index (χ0) is 15.6. The van der Waals surface area contributed by atoms with Crippen LogP contribution in [-0.2, 0) is 6.54 Å². The van der Waals surface area contributed by atoms with Gasteiger partial charge in [0, 0.05) is 27.8 Å². The van der Waals surface area contributed by atoms with Crippen LogP contribution in [0.1, 0.15) is 27.0 Å². The van der Waals surface area contributed by atoms with Gasteiger partial charge in [-0.3, -0.25) is 4.79 Å². The van der Waals surface area contributed by atoms with E-state index in [1.807, 2.05) is 26.0 Å². The monoisotopic (exact) mass is 350 g/mol. The van der Waals surface area contributed by atoms with Gasteiger partial charge in [0.15, 0.2) is 0 Å². The van der Waals surface area contributed by atoms with Crippen molar-refractivity contribution in [3.63, 3.8) is 0 Å². The number of carbonyl (C=O) groups excluding carboxylic acids is 1. The molecule has 0 saturated heterocycles. The maximum Gasteiger partial charge on any atom is 0.248 e. The van der Waals surface area contributed by atoms with E-state index >= 15 is 0 Å². The Bertz CT molecular complexity index is 678. The van der Waals surface area contributed by atoms with E-state index < -0.39 is 5.91 Å². The highest BCUT2D eigenvalue weighted by atomic mass is 79.9. The van der Waals surface area contributed by atoms with Crippen LogP contribution in [0.3, 0.4) is 0 Å². The van der Waals surface area contributed by atoms with Crippen molar-refractivity contribution in [2.24, 2.45) is 5.73 Å². The molecule has 5 heteroatoms. The minimum absolute atomic E-state index is 0.288. The molecule has 0 unspecified atom stereocenters. The highest BCUT2D eigenvalue weighted by Gasteiger charge is 2.09. The minimum Gasteiger partial charge on any atom is -0.380 e. The third kappa shape index (κ3) is 3.61. The lowest BCUT2D eigenvalue weighted by Gasteiger charge is -2.14. The predicted molar refractivity (Wildman–Crippen MR) is 85.9 cm³/mol. The lowest BCUT2D eigenvalue weighted by Crippen LogP contribution is -2.12. The van der Waals surface area contributed by atoms with E-state index in [4.69, 9.17) is 5.73 Å². The fourth-order valence-corrected chi connectivity index (χ4v) is 2.92. The molecule has 3 nitrogen and oxygen atoms in total. The number of rotatable bonds is 4. The standard InChI is InChI=1S/C16H16BrFN2O/c1-9-5-13(17)6-10(2)15(9)20-8-12-7-11(16(19)21)3-4-14(12)18/h3-7,20H,8H2,1-2H3,(H2,19,21). The van der Waals surface area contributed by atoms with Gasteiger partial charge in [0.05, 0.1) is 0 Å². The quantitative estimate of drug-likeness (QED) is 0.877. The van der Waals surface area contributed by atoms with E-state index in [0.717, 1.165) is 21.3 Å². The maximum absolute atomic E-state index is 13.8. The molecule has 0 aliphatic rings. The SMILES string of the molecule is Cc1cc(Br)cc(C)c1NCc1cc(C(N)=O)ccc1F. The summed E-state index contributed by atoms with van der Waals surface area (Å²) in [5.41, 5.74) is 9.02. The Morgan fingerprint density at radius 1 is 1.24 bits per heavy atom. The number of amides is 1. The van der Waals surface area contributed by atoms with E-state index in [2.05, 4.69) is 21.2 Å². The second-order valence-electron chi connectivity index (χ2n) is 4.94. The van der Waals surface area contributed by atoms with Crippen LogP contribution >= 0.6 is 15.9 Å². The van der Waals surface area contributed by atoms with Gasteiger partial charge in [-0.05, 0) is 55.3 Å². The van der Waals surface area contributed by atoms with Crippen LogP contribution in [0.2, 0.25) is 0 Å². The molecule has 1 amide bonds. The lowest BCUT2D eigenvalue weighted by molar-refractivity contribution is 0.1000. The van der Waals surface area contributed by atoms with Crippen molar-refractivity contribution >= 4 is 27.5 Å². The van der Waals surface area contributed by atoms with E-state index in [1.165, 1.54) is 18.2 Å². The van der Waals surface area contributed by atoms with Crippen LogP contribution in [0.15, 0.2) is 34.8 Å². The van der Waals surface area contributed by atoms with Crippen molar-refractivity contribution in [3.05, 3.63) is 62.9 Å². The average Bonchev–Trinajstić information content (AvgIpc) is 2.39. The Labute approximate surface area is 131 Å². The third-order valence-electron chi connectivity index (χ3n) is 3.28. The minimum atomic E-state index is -0.563. The van der Waals surface area contributed by atoms with E-state index in [1.54, 1.807) is 0 Å². The molecule has 0 spiro atoms. The smallest absolute Gasteiger partial charge is 0.248 e. The van der Waals surface area contributed by atoms with Crippen LogP contribution in [-0.4, -0.2) is 5.91 Å². The zero-order valence-corrected chi connectivity index (χ0v) is 13.4. The van der Waals surface area contributed by atoms with Gasteiger partial charge in [-0.15, -0.1) is 0 Å². The molecule has 0 saturated carbocycles. The molecule has 0 heterocycles. The molecular formula is C16H16BrFN2O. The fraction of sp³-hybridized carbons (Fsp3) is 0.188. The van der Waals surface area contributed by atoms with Crippen molar-refractivity contribution in [3.8, 4) is 0 Å². The molecule has 21 heavy (non-hydrogen) atoms. The number of primary amides is 1. The fourth-order valence-electron chi connectivity index (χ4n) is 2.24. The van der Waals surface area contributed by atoms with Crippen LogP contribution in [0.5, 0.6) is 0 Å². The molecule has 0 aliphatic carbocycles. The van der Waals surface area contributed by atoms with Gasteiger partial charge in [-0.1, -0.05) is 15.9 Å². The first-order valence-corrected chi connectivity index (χ1v) is 7.26. The maximum atomic E-state index is 13.8. The number of hydrogen-bond donors (Lipinski definition) is 2. The summed E-state index contributed by atoms with van der Waals surface area (Å²) in [6.07, 6.45) is 0. The van der Waals surface area contributed by atoms with E-state index in [-0.39, 0.29) is 12.4 Å². The molecule has 2 aromatic rings. The van der Waals surface area contributed by atoms with Crippen LogP contribution in [0.4, 0.5) is 10.1 Å². The van der Waals surface area contributed by atoms with E-state index in [9.17, 15) is 9.18 Å². The average molecular weight is 351 g/mol. The van der Waals surface area contributed by atoms with Crippen molar-refractivity contribution in [1.82, 2.24) is 0 Å². The van der Waals surface area contributed by atoms with E-state index in [0.29, 0.717) is 11.1 Å². The van der Waals surface area contributed by atoms with Crippen molar-refractivity contribution in [2.45, 2.75) is 20.4 Å². The van der Waals surface area contributed by atoms with Crippen LogP contribution < -0.4 is 11.1 Å². The van der Waals surface area contributed by atoms with Gasteiger partial charge in [-0.2, -0.15) is 0 Å². The number of aryl methyl sites for hydroxylation is 2. The van der Waals surface area contributed by atoms with Crippen LogP contribution in [0.25, 0.3) is 0 Å². The summed E-state index contributed by atoms with van der Waals surface area (Å²) in [4.78, 5) is 11.2. The summed E-state index contributed by atoms with van der Waals surface area (Å²) in [5, 5.41) is 3.22. The molecule has 0 atom stereocenters.